The SMILES string of the molecule is COc1cccc(C(F)(F)C(=O)[O-])c1. The second kappa shape index (κ2) is 3.61. The summed E-state index contributed by atoms with van der Waals surface area (Å²) in [4.78, 5) is 10.1. The number of rotatable bonds is 3. The molecule has 5 heteroatoms. The molecule has 0 radical (unpaired) electrons. The molecule has 0 spiro atoms. The first-order valence-electron chi connectivity index (χ1n) is 3.72. The fourth-order valence-corrected chi connectivity index (χ4v) is 0.936. The topological polar surface area (TPSA) is 49.4 Å². The zero-order valence-corrected chi connectivity index (χ0v) is 7.29. The van der Waals surface area contributed by atoms with E-state index in [4.69, 9.17) is 0 Å². The Morgan fingerprint density at radius 1 is 1.50 bits per heavy atom. The summed E-state index contributed by atoms with van der Waals surface area (Å²) in [6, 6.07) is 4.67. The molecule has 1 aromatic carbocycles. The van der Waals surface area contributed by atoms with Crippen LogP contribution in [-0.4, -0.2) is 13.1 Å². The minimum atomic E-state index is -3.99. The van der Waals surface area contributed by atoms with Crippen LogP contribution in [0.3, 0.4) is 0 Å². The van der Waals surface area contributed by atoms with Crippen molar-refractivity contribution in [1.82, 2.24) is 0 Å². The molecule has 0 aliphatic rings. The number of carbonyl (C=O) groups is 1. The van der Waals surface area contributed by atoms with E-state index in [1.54, 1.807) is 0 Å². The van der Waals surface area contributed by atoms with Crippen LogP contribution in [0, 0.1) is 0 Å². The smallest absolute Gasteiger partial charge is 0.312 e. The van der Waals surface area contributed by atoms with Gasteiger partial charge in [-0.2, -0.15) is 8.78 Å². The number of carboxylic acid groups (broad SMARTS) is 1. The molecule has 0 saturated carbocycles. The maximum absolute atomic E-state index is 12.9. The van der Waals surface area contributed by atoms with Crippen LogP contribution in [0.15, 0.2) is 24.3 Å². The van der Waals surface area contributed by atoms with Crippen molar-refractivity contribution in [3.8, 4) is 5.75 Å². The maximum atomic E-state index is 12.9. The van der Waals surface area contributed by atoms with Crippen LogP contribution in [-0.2, 0) is 10.7 Å². The quantitative estimate of drug-likeness (QED) is 0.717. The van der Waals surface area contributed by atoms with Crippen molar-refractivity contribution in [1.29, 1.82) is 0 Å². The van der Waals surface area contributed by atoms with Crippen molar-refractivity contribution in [3.05, 3.63) is 29.8 Å². The molecule has 0 aromatic heterocycles. The lowest BCUT2D eigenvalue weighted by atomic mass is 10.1. The molecular weight excluding hydrogens is 194 g/mol. The molecule has 0 saturated heterocycles. The standard InChI is InChI=1S/C9H8F2O3/c1-14-7-4-2-3-6(5-7)9(10,11)8(12)13/h2-5H,1H3,(H,12,13)/p-1. The van der Waals surface area contributed by atoms with Gasteiger partial charge in [0.1, 0.15) is 11.7 Å². The van der Waals surface area contributed by atoms with Crippen molar-refractivity contribution in [2.75, 3.05) is 7.11 Å². The summed E-state index contributed by atoms with van der Waals surface area (Å²) in [5.41, 5.74) is -0.656. The Kier molecular flexibility index (Phi) is 2.69. The molecule has 0 heterocycles. The summed E-state index contributed by atoms with van der Waals surface area (Å²) in [5.74, 6) is -6.25. The van der Waals surface area contributed by atoms with Crippen LogP contribution < -0.4 is 9.84 Å². The normalized spacial score (nSPS) is 11.1. The number of aliphatic carboxylic acids is 1. The monoisotopic (exact) mass is 201 g/mol. The van der Waals surface area contributed by atoms with Gasteiger partial charge in [-0.25, -0.2) is 0 Å². The van der Waals surface area contributed by atoms with Crippen molar-refractivity contribution >= 4 is 5.97 Å². The molecule has 1 rings (SSSR count). The lowest BCUT2D eigenvalue weighted by molar-refractivity contribution is -0.331. The van der Waals surface area contributed by atoms with E-state index in [-0.39, 0.29) is 5.75 Å². The van der Waals surface area contributed by atoms with Gasteiger partial charge in [-0.1, -0.05) is 12.1 Å². The van der Waals surface area contributed by atoms with E-state index >= 15 is 0 Å². The van der Waals surface area contributed by atoms with Gasteiger partial charge in [0.25, 0.3) is 0 Å². The third kappa shape index (κ3) is 1.81. The van der Waals surface area contributed by atoms with Crippen LogP contribution in [0.1, 0.15) is 5.56 Å². The van der Waals surface area contributed by atoms with Crippen LogP contribution >= 0.6 is 0 Å². The number of ether oxygens (including phenoxy) is 1. The van der Waals surface area contributed by atoms with E-state index in [9.17, 15) is 18.7 Å². The molecule has 0 aliphatic heterocycles. The lowest BCUT2D eigenvalue weighted by Crippen LogP contribution is -2.39. The summed E-state index contributed by atoms with van der Waals surface area (Å²) in [6.45, 7) is 0. The number of alkyl halides is 2. The van der Waals surface area contributed by atoms with Gasteiger partial charge in [0.15, 0.2) is 0 Å². The molecule has 0 N–H and O–H groups in total. The fraction of sp³-hybridized carbons (Fsp3) is 0.222. The Morgan fingerprint density at radius 2 is 2.14 bits per heavy atom. The highest BCUT2D eigenvalue weighted by atomic mass is 19.3. The molecule has 0 fully saturated rings. The van der Waals surface area contributed by atoms with Gasteiger partial charge in [0, 0.05) is 5.56 Å². The molecule has 0 amide bonds. The molecule has 3 nitrogen and oxygen atoms in total. The van der Waals surface area contributed by atoms with Crippen LogP contribution in [0.5, 0.6) is 5.75 Å². The molecule has 1 aromatic rings. The fourth-order valence-electron chi connectivity index (χ4n) is 0.936. The first kappa shape index (κ1) is 10.4. The number of carbonyl (C=O) groups excluding carboxylic acids is 1. The molecular formula is C9H7F2O3-. The summed E-state index contributed by atoms with van der Waals surface area (Å²) < 4.78 is 30.4. The molecule has 0 bridgehead atoms. The Balaban J connectivity index is 3.12. The minimum Gasteiger partial charge on any atom is -0.544 e. The Bertz CT molecular complexity index is 350. The zero-order valence-electron chi connectivity index (χ0n) is 7.29. The van der Waals surface area contributed by atoms with Gasteiger partial charge in [-0.05, 0) is 12.1 Å². The predicted octanol–water partition coefficient (Wildman–Crippen LogP) is 0.537. The number of carboxylic acids is 1. The van der Waals surface area contributed by atoms with Gasteiger partial charge in [0.05, 0.1) is 7.11 Å². The zero-order chi connectivity index (χ0) is 10.8. The number of halogens is 2. The highest BCUT2D eigenvalue weighted by molar-refractivity contribution is 5.75. The van der Waals surface area contributed by atoms with Gasteiger partial charge < -0.3 is 14.6 Å². The van der Waals surface area contributed by atoms with Gasteiger partial charge in [-0.3, -0.25) is 0 Å². The Labute approximate surface area is 78.9 Å². The van der Waals surface area contributed by atoms with Crippen molar-refractivity contribution in [2.45, 2.75) is 5.92 Å². The first-order chi connectivity index (χ1) is 6.48. The van der Waals surface area contributed by atoms with E-state index < -0.39 is 17.5 Å². The number of methoxy groups -OCH3 is 1. The van der Waals surface area contributed by atoms with Gasteiger partial charge in [-0.15, -0.1) is 0 Å². The van der Waals surface area contributed by atoms with Crippen LogP contribution in [0.2, 0.25) is 0 Å². The van der Waals surface area contributed by atoms with Crippen LogP contribution in [0.25, 0.3) is 0 Å². The predicted molar refractivity (Wildman–Crippen MR) is 41.9 cm³/mol. The molecule has 76 valence electrons. The number of benzene rings is 1. The summed E-state index contributed by atoms with van der Waals surface area (Å²) >= 11 is 0. The van der Waals surface area contributed by atoms with Crippen molar-refractivity contribution in [3.63, 3.8) is 0 Å². The molecule has 14 heavy (non-hydrogen) atoms. The summed E-state index contributed by atoms with van der Waals surface area (Å²) in [5, 5.41) is 10.1. The summed E-state index contributed by atoms with van der Waals surface area (Å²) in [6.07, 6.45) is 0. The Hall–Kier alpha value is -1.65. The average Bonchev–Trinajstić information content (AvgIpc) is 2.17. The van der Waals surface area contributed by atoms with E-state index in [1.807, 2.05) is 0 Å². The highest BCUT2D eigenvalue weighted by Gasteiger charge is 2.33. The largest absolute Gasteiger partial charge is 0.544 e. The number of hydrogen-bond donors (Lipinski definition) is 0. The lowest BCUT2D eigenvalue weighted by Gasteiger charge is -2.17. The van der Waals surface area contributed by atoms with E-state index in [0.717, 1.165) is 12.1 Å². The molecule has 0 unspecified atom stereocenters. The summed E-state index contributed by atoms with van der Waals surface area (Å²) in [7, 11) is 1.30. The van der Waals surface area contributed by atoms with Gasteiger partial charge >= 0.3 is 5.92 Å². The highest BCUT2D eigenvalue weighted by Crippen LogP contribution is 2.29. The second-order valence-electron chi connectivity index (χ2n) is 2.59. The third-order valence-electron chi connectivity index (χ3n) is 1.69. The van der Waals surface area contributed by atoms with E-state index in [0.29, 0.717) is 0 Å². The maximum Gasteiger partial charge on any atom is 0.312 e. The van der Waals surface area contributed by atoms with Crippen molar-refractivity contribution in [2.24, 2.45) is 0 Å². The molecule has 0 aliphatic carbocycles. The van der Waals surface area contributed by atoms with Crippen molar-refractivity contribution < 1.29 is 23.4 Å². The van der Waals surface area contributed by atoms with E-state index in [2.05, 4.69) is 4.74 Å². The van der Waals surface area contributed by atoms with Crippen LogP contribution in [0.4, 0.5) is 8.78 Å². The molecule has 0 atom stereocenters. The third-order valence-corrected chi connectivity index (χ3v) is 1.69. The second-order valence-corrected chi connectivity index (χ2v) is 2.59. The minimum absolute atomic E-state index is 0.170. The average molecular weight is 201 g/mol. The number of hydrogen-bond acceptors (Lipinski definition) is 3. The first-order valence-corrected chi connectivity index (χ1v) is 3.72. The van der Waals surface area contributed by atoms with Gasteiger partial charge in [0.2, 0.25) is 0 Å². The Morgan fingerprint density at radius 3 is 2.64 bits per heavy atom. The van der Waals surface area contributed by atoms with E-state index in [1.165, 1.54) is 19.2 Å².